The van der Waals surface area contributed by atoms with Gasteiger partial charge >= 0.3 is 0 Å². The van der Waals surface area contributed by atoms with E-state index in [-0.39, 0.29) is 17.9 Å². The smallest absolute Gasteiger partial charge is 0.251 e. The number of fused-ring (bicyclic) bond motifs is 1. The van der Waals surface area contributed by atoms with E-state index < -0.39 is 5.60 Å². The molecular formula is C20H26N2O4. The lowest BCUT2D eigenvalue weighted by Gasteiger charge is -2.44. The molecule has 6 nitrogen and oxygen atoms in total. The van der Waals surface area contributed by atoms with Gasteiger partial charge in [-0.1, -0.05) is 18.2 Å². The summed E-state index contributed by atoms with van der Waals surface area (Å²) in [7, 11) is 0. The van der Waals surface area contributed by atoms with Crippen LogP contribution in [0.3, 0.4) is 0 Å². The zero-order valence-corrected chi connectivity index (χ0v) is 15.3. The minimum Gasteiger partial charge on any atom is -0.483 e. The van der Waals surface area contributed by atoms with Crippen LogP contribution in [0.15, 0.2) is 24.3 Å². The van der Waals surface area contributed by atoms with E-state index >= 15 is 0 Å². The Morgan fingerprint density at radius 2 is 1.96 bits per heavy atom. The summed E-state index contributed by atoms with van der Waals surface area (Å²) in [4.78, 5) is 28.7. The number of carbonyl (C=O) groups is 2. The third-order valence-corrected chi connectivity index (χ3v) is 5.64. The van der Waals surface area contributed by atoms with Crippen molar-refractivity contribution in [2.24, 2.45) is 0 Å². The number of para-hydroxylation sites is 1. The number of ether oxygens (including phenoxy) is 2. The maximum Gasteiger partial charge on any atom is 0.251 e. The van der Waals surface area contributed by atoms with Crippen molar-refractivity contribution in [1.29, 1.82) is 0 Å². The quantitative estimate of drug-likeness (QED) is 0.770. The minimum atomic E-state index is -0.551. The third kappa shape index (κ3) is 3.30. The van der Waals surface area contributed by atoms with Gasteiger partial charge in [0.05, 0.1) is 13.1 Å². The molecule has 140 valence electrons. The standard InChI is InChI=1S/C20H26N2O4/c1-15(23)22-12-16-6-2-3-7-17(16)26-20(14-22)9-5-10-21(13-20)19(24)18-8-4-11-25-18/h2-3,6-7,18H,4-5,8-14H2,1H3/t18-,20+/m1/s1. The van der Waals surface area contributed by atoms with Crippen LogP contribution in [0.1, 0.15) is 38.2 Å². The lowest BCUT2D eigenvalue weighted by molar-refractivity contribution is -0.148. The Morgan fingerprint density at radius 1 is 1.15 bits per heavy atom. The Hall–Kier alpha value is -2.08. The van der Waals surface area contributed by atoms with Gasteiger partial charge in [-0.2, -0.15) is 0 Å². The van der Waals surface area contributed by atoms with Crippen molar-refractivity contribution in [2.45, 2.75) is 50.9 Å². The molecule has 0 unspecified atom stereocenters. The second-order valence-electron chi connectivity index (χ2n) is 7.63. The Labute approximate surface area is 154 Å². The van der Waals surface area contributed by atoms with Gasteiger partial charge in [-0.05, 0) is 31.7 Å². The van der Waals surface area contributed by atoms with Crippen LogP contribution in [0, 0.1) is 0 Å². The molecule has 2 fully saturated rings. The van der Waals surface area contributed by atoms with Gasteiger partial charge in [-0.25, -0.2) is 0 Å². The number of nitrogens with zero attached hydrogens (tertiary/aromatic N) is 2. The number of likely N-dealkylation sites (tertiary alicyclic amines) is 1. The molecule has 0 aromatic heterocycles. The van der Waals surface area contributed by atoms with Crippen molar-refractivity contribution in [2.75, 3.05) is 26.2 Å². The Balaban J connectivity index is 1.60. The van der Waals surface area contributed by atoms with Crippen LogP contribution in [-0.2, 0) is 20.9 Å². The van der Waals surface area contributed by atoms with Gasteiger partial charge in [0.1, 0.15) is 17.5 Å². The highest BCUT2D eigenvalue weighted by atomic mass is 16.5. The molecule has 26 heavy (non-hydrogen) atoms. The molecule has 6 heteroatoms. The van der Waals surface area contributed by atoms with Crippen LogP contribution in [0.25, 0.3) is 0 Å². The van der Waals surface area contributed by atoms with Gasteiger partial charge in [0.25, 0.3) is 5.91 Å². The number of amides is 2. The summed E-state index contributed by atoms with van der Waals surface area (Å²) in [6, 6.07) is 7.88. The summed E-state index contributed by atoms with van der Waals surface area (Å²) in [5, 5.41) is 0. The predicted octanol–water partition coefficient (Wildman–Crippen LogP) is 1.97. The fourth-order valence-electron chi connectivity index (χ4n) is 4.31. The lowest BCUT2D eigenvalue weighted by atomic mass is 9.91. The number of hydrogen-bond acceptors (Lipinski definition) is 4. The lowest BCUT2D eigenvalue weighted by Crippen LogP contribution is -2.59. The van der Waals surface area contributed by atoms with Crippen LogP contribution >= 0.6 is 0 Å². The van der Waals surface area contributed by atoms with Crippen molar-refractivity contribution in [3.63, 3.8) is 0 Å². The summed E-state index contributed by atoms with van der Waals surface area (Å²) in [6.45, 7) is 4.55. The average Bonchev–Trinajstić information content (AvgIpc) is 3.11. The van der Waals surface area contributed by atoms with Crippen LogP contribution in [0.4, 0.5) is 0 Å². The van der Waals surface area contributed by atoms with Crippen LogP contribution in [0.2, 0.25) is 0 Å². The Kier molecular flexibility index (Phi) is 4.61. The van der Waals surface area contributed by atoms with Crippen molar-refractivity contribution in [3.8, 4) is 5.75 Å². The Morgan fingerprint density at radius 3 is 2.73 bits per heavy atom. The summed E-state index contributed by atoms with van der Waals surface area (Å²) < 4.78 is 12.1. The maximum absolute atomic E-state index is 12.8. The van der Waals surface area contributed by atoms with Crippen LogP contribution < -0.4 is 4.74 Å². The molecular weight excluding hydrogens is 332 g/mol. The van der Waals surface area contributed by atoms with E-state index in [1.54, 1.807) is 6.92 Å². The molecule has 2 atom stereocenters. The highest BCUT2D eigenvalue weighted by molar-refractivity contribution is 5.81. The number of benzene rings is 1. The molecule has 2 saturated heterocycles. The number of carbonyl (C=O) groups excluding carboxylic acids is 2. The first kappa shape index (κ1) is 17.3. The van der Waals surface area contributed by atoms with E-state index in [9.17, 15) is 9.59 Å². The largest absolute Gasteiger partial charge is 0.483 e. The van der Waals surface area contributed by atoms with Crippen molar-refractivity contribution >= 4 is 11.8 Å². The van der Waals surface area contributed by atoms with E-state index in [4.69, 9.17) is 9.47 Å². The maximum atomic E-state index is 12.8. The molecule has 0 aliphatic carbocycles. The fourth-order valence-corrected chi connectivity index (χ4v) is 4.31. The molecule has 0 bridgehead atoms. The molecule has 0 saturated carbocycles. The molecule has 4 rings (SSSR count). The zero-order valence-electron chi connectivity index (χ0n) is 15.3. The first-order valence-electron chi connectivity index (χ1n) is 9.49. The molecule has 3 aliphatic rings. The molecule has 0 N–H and O–H groups in total. The molecule has 1 aromatic rings. The normalized spacial score (nSPS) is 28.4. The molecule has 3 aliphatic heterocycles. The van der Waals surface area contributed by atoms with Gasteiger partial charge in [0.2, 0.25) is 5.91 Å². The monoisotopic (exact) mass is 358 g/mol. The predicted molar refractivity (Wildman–Crippen MR) is 95.7 cm³/mol. The second kappa shape index (κ2) is 6.91. The van der Waals surface area contributed by atoms with E-state index in [0.29, 0.717) is 26.2 Å². The molecule has 1 spiro atoms. The van der Waals surface area contributed by atoms with E-state index in [2.05, 4.69) is 0 Å². The topological polar surface area (TPSA) is 59.1 Å². The van der Waals surface area contributed by atoms with E-state index in [1.807, 2.05) is 34.1 Å². The van der Waals surface area contributed by atoms with Crippen molar-refractivity contribution < 1.29 is 19.1 Å². The highest BCUT2D eigenvalue weighted by Crippen LogP contribution is 2.35. The van der Waals surface area contributed by atoms with Crippen LogP contribution in [0.5, 0.6) is 5.75 Å². The fraction of sp³-hybridized carbons (Fsp3) is 0.600. The zero-order chi connectivity index (χ0) is 18.1. The number of piperidine rings is 1. The van der Waals surface area contributed by atoms with Gasteiger partial charge in [-0.3, -0.25) is 9.59 Å². The first-order chi connectivity index (χ1) is 12.6. The highest BCUT2D eigenvalue weighted by Gasteiger charge is 2.44. The van der Waals surface area contributed by atoms with Gasteiger partial charge < -0.3 is 19.3 Å². The second-order valence-corrected chi connectivity index (χ2v) is 7.63. The van der Waals surface area contributed by atoms with Gasteiger partial charge in [-0.15, -0.1) is 0 Å². The van der Waals surface area contributed by atoms with E-state index in [1.165, 1.54) is 0 Å². The van der Waals surface area contributed by atoms with E-state index in [0.717, 1.165) is 43.5 Å². The summed E-state index contributed by atoms with van der Waals surface area (Å²) >= 11 is 0. The van der Waals surface area contributed by atoms with Gasteiger partial charge in [0, 0.05) is 32.2 Å². The Bertz CT molecular complexity index is 701. The first-order valence-corrected chi connectivity index (χ1v) is 9.49. The average molecular weight is 358 g/mol. The molecule has 3 heterocycles. The summed E-state index contributed by atoms with van der Waals surface area (Å²) in [5.74, 6) is 0.923. The third-order valence-electron chi connectivity index (χ3n) is 5.64. The van der Waals surface area contributed by atoms with Crippen molar-refractivity contribution in [3.05, 3.63) is 29.8 Å². The number of rotatable bonds is 1. The summed E-state index contributed by atoms with van der Waals surface area (Å²) in [6.07, 6.45) is 3.13. The number of hydrogen-bond donors (Lipinski definition) is 0. The van der Waals surface area contributed by atoms with Gasteiger partial charge in [0.15, 0.2) is 0 Å². The molecule has 2 amide bonds. The molecule has 1 aromatic carbocycles. The molecule has 0 radical (unpaired) electrons. The van der Waals surface area contributed by atoms with Crippen molar-refractivity contribution in [1.82, 2.24) is 9.80 Å². The van der Waals surface area contributed by atoms with Crippen LogP contribution in [-0.4, -0.2) is 59.6 Å². The minimum absolute atomic E-state index is 0.0345. The summed E-state index contributed by atoms with van der Waals surface area (Å²) in [5.41, 5.74) is 0.465. The SMILES string of the molecule is CC(=O)N1Cc2ccccc2O[C@]2(CCCN(C(=O)[C@H]3CCCO3)C2)C1.